The molecular weight excluding hydrogens is 116 g/mol. The third-order valence-corrected chi connectivity index (χ3v) is 1.25. The van der Waals surface area contributed by atoms with Gasteiger partial charge in [-0.2, -0.15) is 0 Å². The van der Waals surface area contributed by atoms with Crippen LogP contribution < -0.4 is 0 Å². The van der Waals surface area contributed by atoms with Crippen molar-refractivity contribution >= 4 is 6.29 Å². The number of rotatable bonds is 5. The highest BCUT2D eigenvalue weighted by atomic mass is 16.5. The molecule has 2 heteroatoms. The summed E-state index contributed by atoms with van der Waals surface area (Å²) in [6, 6.07) is 0. The third-order valence-electron chi connectivity index (χ3n) is 1.25. The Kier molecular flexibility index (Phi) is 5.52. The van der Waals surface area contributed by atoms with E-state index >= 15 is 0 Å². The Morgan fingerprint density at radius 2 is 2.33 bits per heavy atom. The third kappa shape index (κ3) is 4.15. The molecule has 0 heterocycles. The number of aldehydes is 1. The van der Waals surface area contributed by atoms with Crippen molar-refractivity contribution in [1.29, 1.82) is 0 Å². The van der Waals surface area contributed by atoms with Gasteiger partial charge < -0.3 is 9.53 Å². The molecule has 0 rings (SSSR count). The molecule has 9 heavy (non-hydrogen) atoms. The van der Waals surface area contributed by atoms with E-state index in [1.54, 1.807) is 13.7 Å². The van der Waals surface area contributed by atoms with E-state index in [2.05, 4.69) is 0 Å². The maximum Gasteiger partial charge on any atom is 0.120 e. The van der Waals surface area contributed by atoms with Crippen molar-refractivity contribution in [2.45, 2.75) is 19.8 Å². The minimum Gasteiger partial charge on any atom is -0.378 e. The number of methoxy groups -OCH3 is 1. The summed E-state index contributed by atoms with van der Waals surface area (Å²) in [6.45, 7) is 3.73. The van der Waals surface area contributed by atoms with E-state index in [0.29, 0.717) is 12.3 Å². The summed E-state index contributed by atoms with van der Waals surface area (Å²) in [5.41, 5.74) is 0. The number of carbonyl (C=O) groups is 1. The summed E-state index contributed by atoms with van der Waals surface area (Å²) in [5, 5.41) is 0. The van der Waals surface area contributed by atoms with Gasteiger partial charge in [-0.3, -0.25) is 0 Å². The van der Waals surface area contributed by atoms with Crippen LogP contribution in [0.25, 0.3) is 0 Å². The van der Waals surface area contributed by atoms with Gasteiger partial charge in [0.25, 0.3) is 0 Å². The minimum absolute atomic E-state index is 0.299. The Balaban J connectivity index is 3.28. The zero-order valence-electron chi connectivity index (χ0n) is 5.96. The molecule has 53 valence electrons. The molecule has 0 aromatic carbocycles. The van der Waals surface area contributed by atoms with Gasteiger partial charge in [0, 0.05) is 13.5 Å². The van der Waals surface area contributed by atoms with Gasteiger partial charge in [-0.15, -0.1) is 0 Å². The van der Waals surface area contributed by atoms with Crippen LogP contribution in [-0.2, 0) is 9.53 Å². The summed E-state index contributed by atoms with van der Waals surface area (Å²) < 4.78 is 4.76. The smallest absolute Gasteiger partial charge is 0.120 e. The lowest BCUT2D eigenvalue weighted by molar-refractivity contribution is -0.108. The highest BCUT2D eigenvalue weighted by Crippen LogP contribution is 2.09. The fraction of sp³-hybridized carbons (Fsp3) is 0.714. The van der Waals surface area contributed by atoms with Crippen LogP contribution in [0.4, 0.5) is 0 Å². The first-order chi connectivity index (χ1) is 4.35. The Morgan fingerprint density at radius 3 is 2.67 bits per heavy atom. The highest BCUT2D eigenvalue weighted by Gasteiger charge is 2.03. The van der Waals surface area contributed by atoms with E-state index in [9.17, 15) is 4.79 Å². The van der Waals surface area contributed by atoms with Crippen LogP contribution in [0.1, 0.15) is 19.8 Å². The Hall–Kier alpha value is -0.370. The van der Waals surface area contributed by atoms with Gasteiger partial charge in [0.2, 0.25) is 0 Å². The second-order valence-corrected chi connectivity index (χ2v) is 1.94. The van der Waals surface area contributed by atoms with Gasteiger partial charge in [0.05, 0.1) is 6.61 Å². The Morgan fingerprint density at radius 1 is 1.67 bits per heavy atom. The molecule has 2 nitrogen and oxygen atoms in total. The number of ether oxygens (including phenoxy) is 1. The van der Waals surface area contributed by atoms with Crippen molar-refractivity contribution in [3.05, 3.63) is 6.61 Å². The first kappa shape index (κ1) is 8.63. The second kappa shape index (κ2) is 5.76. The SMILES string of the molecule is CCC([CH]OC)CC=O. The van der Waals surface area contributed by atoms with E-state index in [0.717, 1.165) is 12.7 Å². The van der Waals surface area contributed by atoms with Crippen LogP contribution in [0.2, 0.25) is 0 Å². The van der Waals surface area contributed by atoms with Gasteiger partial charge in [-0.25, -0.2) is 0 Å². The predicted octanol–water partition coefficient (Wildman–Crippen LogP) is 1.41. The average molecular weight is 129 g/mol. The van der Waals surface area contributed by atoms with Crippen LogP contribution in [0.3, 0.4) is 0 Å². The quantitative estimate of drug-likeness (QED) is 0.524. The predicted molar refractivity (Wildman–Crippen MR) is 35.8 cm³/mol. The molecule has 0 amide bonds. The van der Waals surface area contributed by atoms with E-state index in [1.807, 2.05) is 6.92 Å². The molecule has 0 fully saturated rings. The molecule has 1 unspecified atom stereocenters. The molecule has 0 saturated carbocycles. The molecule has 0 spiro atoms. The molecule has 0 aromatic heterocycles. The van der Waals surface area contributed by atoms with E-state index < -0.39 is 0 Å². The Labute approximate surface area is 56.2 Å². The number of hydrogen-bond donors (Lipinski definition) is 0. The summed E-state index contributed by atoms with van der Waals surface area (Å²) in [6.07, 6.45) is 2.46. The molecule has 0 aliphatic rings. The van der Waals surface area contributed by atoms with E-state index in [4.69, 9.17) is 4.74 Å². The fourth-order valence-corrected chi connectivity index (χ4v) is 0.634. The van der Waals surface area contributed by atoms with Crippen LogP contribution in [0.5, 0.6) is 0 Å². The van der Waals surface area contributed by atoms with Gasteiger partial charge in [-0.1, -0.05) is 13.3 Å². The van der Waals surface area contributed by atoms with E-state index in [-0.39, 0.29) is 0 Å². The lowest BCUT2D eigenvalue weighted by atomic mass is 10.1. The van der Waals surface area contributed by atoms with Crippen LogP contribution in [0, 0.1) is 12.5 Å². The summed E-state index contributed by atoms with van der Waals surface area (Å²) in [5.74, 6) is 0.299. The molecule has 1 radical (unpaired) electrons. The minimum atomic E-state index is 0.299. The molecular formula is C7H13O2. The van der Waals surface area contributed by atoms with E-state index in [1.165, 1.54) is 0 Å². The molecule has 0 saturated heterocycles. The summed E-state index contributed by atoms with van der Waals surface area (Å²) in [4.78, 5) is 9.97. The van der Waals surface area contributed by atoms with Crippen molar-refractivity contribution < 1.29 is 9.53 Å². The zero-order chi connectivity index (χ0) is 7.11. The fourth-order valence-electron chi connectivity index (χ4n) is 0.634. The van der Waals surface area contributed by atoms with Crippen LogP contribution in [-0.4, -0.2) is 13.4 Å². The van der Waals surface area contributed by atoms with Crippen molar-refractivity contribution in [2.75, 3.05) is 7.11 Å². The Bertz CT molecular complexity index is 71.3. The normalized spacial score (nSPS) is 13.1. The van der Waals surface area contributed by atoms with Gasteiger partial charge in [-0.05, 0) is 5.92 Å². The first-order valence-corrected chi connectivity index (χ1v) is 3.14. The van der Waals surface area contributed by atoms with Crippen molar-refractivity contribution in [2.24, 2.45) is 5.92 Å². The lowest BCUT2D eigenvalue weighted by Crippen LogP contribution is -2.01. The average Bonchev–Trinajstić information content (AvgIpc) is 1.88. The van der Waals surface area contributed by atoms with Crippen LogP contribution in [0.15, 0.2) is 0 Å². The monoisotopic (exact) mass is 129 g/mol. The molecule has 1 atom stereocenters. The largest absolute Gasteiger partial charge is 0.378 e. The van der Waals surface area contributed by atoms with Gasteiger partial charge in [0.1, 0.15) is 6.29 Å². The summed E-state index contributed by atoms with van der Waals surface area (Å²) >= 11 is 0. The standard InChI is InChI=1S/C7H13O2/c1-3-7(4-5-8)6-9-2/h5-7H,3-4H2,1-2H3. The van der Waals surface area contributed by atoms with Crippen molar-refractivity contribution in [3.63, 3.8) is 0 Å². The molecule has 0 aromatic rings. The number of hydrogen-bond acceptors (Lipinski definition) is 2. The van der Waals surface area contributed by atoms with Crippen molar-refractivity contribution in [1.82, 2.24) is 0 Å². The maximum atomic E-state index is 9.97. The van der Waals surface area contributed by atoms with Crippen LogP contribution >= 0.6 is 0 Å². The van der Waals surface area contributed by atoms with Gasteiger partial charge in [0.15, 0.2) is 0 Å². The number of carbonyl (C=O) groups excluding carboxylic acids is 1. The highest BCUT2D eigenvalue weighted by molar-refractivity contribution is 5.49. The molecule has 0 aliphatic heterocycles. The molecule has 0 aliphatic carbocycles. The molecule has 0 N–H and O–H groups in total. The van der Waals surface area contributed by atoms with Gasteiger partial charge >= 0.3 is 0 Å². The van der Waals surface area contributed by atoms with Crippen molar-refractivity contribution in [3.8, 4) is 0 Å². The topological polar surface area (TPSA) is 26.3 Å². The second-order valence-electron chi connectivity index (χ2n) is 1.94. The summed E-state index contributed by atoms with van der Waals surface area (Å²) in [7, 11) is 1.60. The maximum absolute atomic E-state index is 9.97. The first-order valence-electron chi connectivity index (χ1n) is 3.14. The zero-order valence-corrected chi connectivity index (χ0v) is 5.96. The lowest BCUT2D eigenvalue weighted by Gasteiger charge is -2.06. The molecule has 0 bridgehead atoms.